The van der Waals surface area contributed by atoms with Crippen molar-refractivity contribution in [2.24, 2.45) is 30.7 Å². The van der Waals surface area contributed by atoms with Gasteiger partial charge in [-0.1, -0.05) is 0 Å². The summed E-state index contributed by atoms with van der Waals surface area (Å²) in [6.07, 6.45) is 0. The van der Waals surface area contributed by atoms with Crippen molar-refractivity contribution in [3.8, 4) is 5.75 Å². The first-order chi connectivity index (χ1) is 32.7. The first-order valence-electron chi connectivity index (χ1n) is 19.8. The third kappa shape index (κ3) is 12.6. The minimum atomic E-state index is -5.28. The van der Waals surface area contributed by atoms with Gasteiger partial charge in [0.25, 0.3) is 30.3 Å². The van der Waals surface area contributed by atoms with Crippen LogP contribution in [0, 0.1) is 0 Å². The van der Waals surface area contributed by atoms with E-state index in [1.165, 1.54) is 36.4 Å². The molecule has 0 aromatic heterocycles. The van der Waals surface area contributed by atoms with Gasteiger partial charge >= 0.3 is 10.4 Å². The number of phenolic OH excluding ortho intramolecular Hbond substituents is 1. The van der Waals surface area contributed by atoms with Crippen LogP contribution in [0.1, 0.15) is 13.8 Å². The number of benzene rings is 6. The van der Waals surface area contributed by atoms with Gasteiger partial charge in [-0.2, -0.15) is 40.6 Å². The van der Waals surface area contributed by atoms with Crippen LogP contribution in [0.3, 0.4) is 0 Å². The molecule has 6 rings (SSSR count). The average Bonchev–Trinajstić information content (AvgIpc) is 3.27. The number of hydrogen-bond donors (Lipinski definition) is 7. The number of nitrogens with one attached hydrogen (secondary N) is 1. The van der Waals surface area contributed by atoms with Crippen molar-refractivity contribution in [2.75, 3.05) is 46.5 Å². The lowest BCUT2D eigenvalue weighted by Crippen LogP contribution is -2.21. The highest BCUT2D eigenvalue weighted by Crippen LogP contribution is 2.48. The molecule has 25 nitrogen and oxygen atoms in total. The van der Waals surface area contributed by atoms with E-state index in [9.17, 15) is 56.3 Å². The molecule has 0 bridgehead atoms. The average molecular weight is 1060 g/mol. The molecule has 70 heavy (non-hydrogen) atoms. The quantitative estimate of drug-likeness (QED) is 0.0232. The third-order valence-electron chi connectivity index (χ3n) is 9.86. The monoisotopic (exact) mass is 1060 g/mol. The number of phenols is 1. The molecule has 370 valence electrons. The van der Waals surface area contributed by atoms with Gasteiger partial charge in [-0.3, -0.25) is 18.4 Å². The molecule has 9 N–H and O–H groups in total. The van der Waals surface area contributed by atoms with Crippen molar-refractivity contribution in [1.29, 1.82) is 0 Å². The Bertz CT molecular complexity index is 3650. The van der Waals surface area contributed by atoms with Gasteiger partial charge in [0.15, 0.2) is 15.6 Å². The Morgan fingerprint density at radius 2 is 1.09 bits per heavy atom. The number of azo groups is 3. The van der Waals surface area contributed by atoms with Gasteiger partial charge in [-0.15, -0.1) is 15.3 Å². The van der Waals surface area contributed by atoms with Crippen molar-refractivity contribution in [2.45, 2.75) is 33.4 Å². The summed E-state index contributed by atoms with van der Waals surface area (Å²) in [5.41, 5.74) is 12.2. The topological polar surface area (TPSA) is 402 Å². The number of hydrogen-bond acceptors (Lipinski definition) is 21. The van der Waals surface area contributed by atoms with Gasteiger partial charge in [-0.05, 0) is 122 Å². The van der Waals surface area contributed by atoms with Crippen LogP contribution in [0.4, 0.5) is 56.9 Å². The molecule has 0 saturated heterocycles. The minimum absolute atomic E-state index is 0.0662. The van der Waals surface area contributed by atoms with E-state index < -0.39 is 106 Å². The van der Waals surface area contributed by atoms with Crippen molar-refractivity contribution in [3.05, 3.63) is 103 Å². The second-order valence-electron chi connectivity index (χ2n) is 14.5. The Kier molecular flexibility index (Phi) is 15.3. The third-order valence-corrected chi connectivity index (χ3v) is 15.2. The Balaban J connectivity index is 1.24. The number of aromatic hydroxyl groups is 1. The van der Waals surface area contributed by atoms with Gasteiger partial charge in [0.1, 0.15) is 26.9 Å². The molecule has 0 aliphatic rings. The molecule has 0 heterocycles. The number of nitrogen functional groups attached to an aromatic ring is 2. The maximum absolute atomic E-state index is 13.3. The zero-order valence-electron chi connectivity index (χ0n) is 36.2. The predicted octanol–water partition coefficient (Wildman–Crippen LogP) is 7.69. The summed E-state index contributed by atoms with van der Waals surface area (Å²) in [6.45, 7) is 4.76. The van der Waals surface area contributed by atoms with Crippen molar-refractivity contribution in [1.82, 2.24) is 0 Å². The van der Waals surface area contributed by atoms with E-state index in [1.54, 1.807) is 12.1 Å². The molecule has 0 aliphatic carbocycles. The number of nitrogens with two attached hydrogens (primary N) is 2. The Hall–Kier alpha value is -7.03. The van der Waals surface area contributed by atoms with Gasteiger partial charge in [-0.25, -0.2) is 21.0 Å². The van der Waals surface area contributed by atoms with Crippen LogP contribution in [0.2, 0.25) is 0 Å². The van der Waals surface area contributed by atoms with E-state index in [2.05, 4.69) is 44.5 Å². The summed E-state index contributed by atoms with van der Waals surface area (Å²) in [7, 11) is -23.8. The highest BCUT2D eigenvalue weighted by atomic mass is 32.3. The van der Waals surface area contributed by atoms with Crippen LogP contribution in [-0.4, -0.2) is 86.3 Å². The van der Waals surface area contributed by atoms with Gasteiger partial charge < -0.3 is 21.5 Å². The molecule has 0 aliphatic heterocycles. The SMILES string of the molecule is CCN(CC)c1ccc(N=Nc2ccc(NS(=O)(=O)c3ccc(N=Nc4c(S(=O)(=O)O)cc5cc(S(=O)(=O)O)c(N=Nc6ccc(S(=O)(=O)CCOS(=O)(=O)O)cc6)c(O)c5c4N)cc3)cc2)c(N)c1. The van der Waals surface area contributed by atoms with E-state index >= 15 is 0 Å². The van der Waals surface area contributed by atoms with Crippen LogP contribution >= 0.6 is 0 Å². The summed E-state index contributed by atoms with van der Waals surface area (Å²) < 4.78 is 159. The van der Waals surface area contributed by atoms with Crippen LogP contribution in [-0.2, 0) is 54.7 Å². The van der Waals surface area contributed by atoms with Gasteiger partial charge in [0, 0.05) is 24.5 Å². The Morgan fingerprint density at radius 1 is 0.600 bits per heavy atom. The lowest BCUT2D eigenvalue weighted by Gasteiger charge is -2.21. The van der Waals surface area contributed by atoms with Crippen LogP contribution in [0.15, 0.2) is 153 Å². The van der Waals surface area contributed by atoms with E-state index in [-0.39, 0.29) is 26.9 Å². The molecule has 30 heteroatoms. The molecule has 0 unspecified atom stereocenters. The summed E-state index contributed by atoms with van der Waals surface area (Å²) in [6, 6.07) is 21.6. The number of nitrogens with zero attached hydrogens (tertiary/aromatic N) is 7. The summed E-state index contributed by atoms with van der Waals surface area (Å²) in [5.74, 6) is -1.95. The minimum Gasteiger partial charge on any atom is -0.505 e. The molecule has 0 amide bonds. The fourth-order valence-corrected chi connectivity index (χ4v) is 10.3. The smallest absolute Gasteiger partial charge is 0.397 e. The lowest BCUT2D eigenvalue weighted by atomic mass is 10.1. The number of anilines is 4. The van der Waals surface area contributed by atoms with Crippen LogP contribution in [0.25, 0.3) is 10.8 Å². The van der Waals surface area contributed by atoms with Crippen molar-refractivity contribution < 1.29 is 65.0 Å². The van der Waals surface area contributed by atoms with E-state index in [0.29, 0.717) is 29.2 Å². The Morgan fingerprint density at radius 3 is 1.59 bits per heavy atom. The zero-order chi connectivity index (χ0) is 51.4. The standard InChI is InChI=1S/C40H40N10O15S5/c1-3-50(4-2)29-13-18-33(32(41)23-29)46-43-25-5-7-28(8-6-25)49-67(54,55)31-16-11-27(12-17-31)44-47-38-34(68(56,57)58)21-24-22-35(69(59,60)61)39(40(51)36(24)37(38)42)48-45-26-9-14-30(15-10-26)66(52,53)20-19-65-70(62,63)64/h5-18,21-23,49,51H,3-4,19-20,41-42H2,1-2H3,(H,56,57,58)(H,59,60,61)(H,62,63,64). The van der Waals surface area contributed by atoms with Gasteiger partial charge in [0.2, 0.25) is 0 Å². The molecule has 0 radical (unpaired) electrons. The first kappa shape index (κ1) is 52.3. The first-order valence-corrected chi connectivity index (χ1v) is 27.2. The molecular weight excluding hydrogens is 1020 g/mol. The predicted molar refractivity (Wildman–Crippen MR) is 256 cm³/mol. The van der Waals surface area contributed by atoms with Crippen molar-refractivity contribution in [3.63, 3.8) is 0 Å². The fourth-order valence-electron chi connectivity index (χ4n) is 6.44. The zero-order valence-corrected chi connectivity index (χ0v) is 40.3. The maximum Gasteiger partial charge on any atom is 0.397 e. The number of sulfone groups is 1. The van der Waals surface area contributed by atoms with Crippen molar-refractivity contribution >= 4 is 118 Å². The fraction of sp³-hybridized carbons (Fsp3) is 0.150. The highest BCUT2D eigenvalue weighted by Gasteiger charge is 2.28. The second-order valence-corrected chi connectivity index (χ2v) is 22.1. The summed E-state index contributed by atoms with van der Waals surface area (Å²) in [4.78, 5) is -0.591. The molecular formula is C40H40N10O15S5. The largest absolute Gasteiger partial charge is 0.505 e. The van der Waals surface area contributed by atoms with Crippen LogP contribution < -0.4 is 21.1 Å². The molecule has 0 spiro atoms. The molecule has 0 fully saturated rings. The lowest BCUT2D eigenvalue weighted by molar-refractivity contribution is 0.284. The molecule has 6 aromatic carbocycles. The van der Waals surface area contributed by atoms with Crippen LogP contribution in [0.5, 0.6) is 5.75 Å². The van der Waals surface area contributed by atoms with E-state index in [4.69, 9.17) is 16.0 Å². The maximum atomic E-state index is 13.3. The molecule has 0 saturated carbocycles. The summed E-state index contributed by atoms with van der Waals surface area (Å²) >= 11 is 0. The Labute approximate surface area is 400 Å². The van der Waals surface area contributed by atoms with E-state index in [0.717, 1.165) is 55.2 Å². The normalized spacial score (nSPS) is 12.9. The number of sulfonamides is 1. The second kappa shape index (κ2) is 20.5. The van der Waals surface area contributed by atoms with Gasteiger partial charge in [0.05, 0.1) is 56.0 Å². The van der Waals surface area contributed by atoms with E-state index in [1.807, 2.05) is 19.9 Å². The number of rotatable bonds is 19. The molecule has 6 aromatic rings. The molecule has 0 atom stereocenters. The number of fused-ring (bicyclic) bond motifs is 1. The summed E-state index contributed by atoms with van der Waals surface area (Å²) in [5, 5.41) is 34.0. The highest BCUT2D eigenvalue weighted by molar-refractivity contribution is 7.92.